The van der Waals surface area contributed by atoms with Crippen LogP contribution in [0.1, 0.15) is 44.2 Å². The van der Waals surface area contributed by atoms with Gasteiger partial charge in [0.25, 0.3) is 0 Å². The van der Waals surface area contributed by atoms with Gasteiger partial charge in [-0.25, -0.2) is 4.39 Å². The Bertz CT molecular complexity index is 1310. The van der Waals surface area contributed by atoms with Crippen molar-refractivity contribution in [3.8, 4) is 0 Å². The van der Waals surface area contributed by atoms with Crippen LogP contribution in [-0.4, -0.2) is 77.4 Å². The number of hydrogen-bond acceptors (Lipinski definition) is 6. The van der Waals surface area contributed by atoms with E-state index >= 15 is 0 Å². The molecule has 3 heterocycles. The maximum atomic E-state index is 15.0. The molecule has 0 saturated carbocycles. The van der Waals surface area contributed by atoms with Crippen LogP contribution in [0.3, 0.4) is 0 Å². The van der Waals surface area contributed by atoms with E-state index in [0.29, 0.717) is 47.9 Å². The van der Waals surface area contributed by atoms with Gasteiger partial charge in [0.05, 0.1) is 23.3 Å². The molecule has 1 spiro atoms. The first-order valence-corrected chi connectivity index (χ1v) is 14.3. The minimum Gasteiger partial charge on any atom is -0.389 e. The van der Waals surface area contributed by atoms with Crippen LogP contribution in [0.2, 0.25) is 10.0 Å². The predicted octanol–water partition coefficient (Wildman–Crippen LogP) is 3.04. The second-order valence-electron chi connectivity index (χ2n) is 12.3. The highest BCUT2D eigenvalue weighted by Gasteiger charge is 2.65. The lowest BCUT2D eigenvalue weighted by Crippen LogP contribution is -2.49. The molecule has 0 bridgehead atoms. The summed E-state index contributed by atoms with van der Waals surface area (Å²) in [4.78, 5) is 29.9. The van der Waals surface area contributed by atoms with Gasteiger partial charge in [0.15, 0.2) is 0 Å². The largest absolute Gasteiger partial charge is 0.389 e. The number of hydrogen-bond donors (Lipinski definition) is 5. The van der Waals surface area contributed by atoms with E-state index in [1.807, 2.05) is 11.0 Å². The fourth-order valence-electron chi connectivity index (χ4n) is 6.61. The van der Waals surface area contributed by atoms with Gasteiger partial charge in [0, 0.05) is 48.8 Å². The summed E-state index contributed by atoms with van der Waals surface area (Å²) < 4.78 is 15.0. The summed E-state index contributed by atoms with van der Waals surface area (Å²) in [5.74, 6) is -1.99. The molecule has 2 fully saturated rings. The van der Waals surface area contributed by atoms with Crippen molar-refractivity contribution in [1.82, 2.24) is 15.5 Å². The number of aliphatic hydroxyl groups is 2. The van der Waals surface area contributed by atoms with Crippen LogP contribution < -0.4 is 16.0 Å². The highest BCUT2D eigenvalue weighted by Crippen LogP contribution is 2.57. The van der Waals surface area contributed by atoms with E-state index in [2.05, 4.69) is 36.7 Å². The van der Waals surface area contributed by atoms with Crippen LogP contribution in [-0.2, 0) is 15.0 Å². The van der Waals surface area contributed by atoms with Crippen molar-refractivity contribution >= 4 is 40.7 Å². The maximum absolute atomic E-state index is 15.0. The summed E-state index contributed by atoms with van der Waals surface area (Å²) in [6, 6.07) is 8.47. The Morgan fingerprint density at radius 3 is 2.52 bits per heavy atom. The van der Waals surface area contributed by atoms with Crippen LogP contribution in [0.4, 0.5) is 10.1 Å². The van der Waals surface area contributed by atoms with Crippen molar-refractivity contribution in [2.45, 2.75) is 62.8 Å². The van der Waals surface area contributed by atoms with Gasteiger partial charge in [-0.15, -0.1) is 0 Å². The maximum Gasteiger partial charge on any atom is 0.237 e. The van der Waals surface area contributed by atoms with Crippen LogP contribution in [0.25, 0.3) is 0 Å². The van der Waals surface area contributed by atoms with Crippen LogP contribution in [0, 0.1) is 11.2 Å². The van der Waals surface area contributed by atoms with Crippen molar-refractivity contribution in [3.63, 3.8) is 0 Å². The number of carbonyl (C=O) groups excluding carboxylic acids is 2. The van der Waals surface area contributed by atoms with E-state index in [0.717, 1.165) is 0 Å². The lowest BCUT2D eigenvalue weighted by Gasteiger charge is -2.37. The average molecular weight is 594 g/mol. The molecule has 0 aliphatic carbocycles. The number of fused-ring (bicyclic) bond motifs is 2. The first-order chi connectivity index (χ1) is 18.8. The Kier molecular flexibility index (Phi) is 7.93. The zero-order valence-electron chi connectivity index (χ0n) is 22.7. The Hall–Kier alpha value is -2.27. The molecule has 2 aromatic carbocycles. The molecule has 0 aromatic heterocycles. The van der Waals surface area contributed by atoms with Gasteiger partial charge in [-0.05, 0) is 47.2 Å². The standard InChI is InChI=1S/C29H35Cl2FN4O4/c1-28(2,3)12-23-29(17-10-19(32)18(31)11-20(17)34-27(29)40)24(15-5-4-6-16(30)9-15)25(35-23)26(39)33-7-8-36-13-21(37)22(38)14-36/h4-6,9-11,21-25,35,37-38H,7-8,12-14H2,1-3H3,(H,33,39)(H,34,40)/t21-,22-,23+,24-,25+,29-/m0/s1. The van der Waals surface area contributed by atoms with Crippen molar-refractivity contribution < 1.29 is 24.2 Å². The number of β-amino-alcohol motifs (C(OH)–C–C–N with tert-alkyl or cyclic N) is 2. The fraction of sp³-hybridized carbons (Fsp3) is 0.517. The van der Waals surface area contributed by atoms with E-state index in [4.69, 9.17) is 23.2 Å². The monoisotopic (exact) mass is 592 g/mol. The van der Waals surface area contributed by atoms with Gasteiger partial charge in [-0.3, -0.25) is 14.5 Å². The number of anilines is 1. The third-order valence-corrected chi connectivity index (χ3v) is 8.78. The minimum atomic E-state index is -1.32. The van der Waals surface area contributed by atoms with Crippen molar-refractivity contribution in [1.29, 1.82) is 0 Å². The minimum absolute atomic E-state index is 0.0971. The van der Waals surface area contributed by atoms with Gasteiger partial charge in [0.2, 0.25) is 11.8 Å². The lowest BCUT2D eigenvalue weighted by atomic mass is 9.62. The normalized spacial score (nSPS) is 30.1. The predicted molar refractivity (Wildman–Crippen MR) is 152 cm³/mol. The van der Waals surface area contributed by atoms with Crippen LogP contribution >= 0.6 is 23.2 Å². The molecular weight excluding hydrogens is 558 g/mol. The van der Waals surface area contributed by atoms with Gasteiger partial charge in [0.1, 0.15) is 11.2 Å². The number of halogens is 3. The summed E-state index contributed by atoms with van der Waals surface area (Å²) in [5.41, 5.74) is 0.0167. The summed E-state index contributed by atoms with van der Waals surface area (Å²) in [5, 5.41) is 29.4. The van der Waals surface area contributed by atoms with Gasteiger partial charge in [-0.2, -0.15) is 0 Å². The molecule has 5 N–H and O–H groups in total. The molecule has 216 valence electrons. The van der Waals surface area contributed by atoms with Crippen LogP contribution in [0.15, 0.2) is 36.4 Å². The summed E-state index contributed by atoms with van der Waals surface area (Å²) in [6.45, 7) is 7.54. The molecule has 3 aliphatic heterocycles. The highest BCUT2D eigenvalue weighted by molar-refractivity contribution is 6.31. The SMILES string of the molecule is CC(C)(C)C[C@H]1N[C@@H](C(=O)NCCN2C[C@H](O)[C@@H](O)C2)[C@H](c2cccc(Cl)c2)[C@@]12C(=O)Nc1cc(Cl)c(F)cc12. The smallest absolute Gasteiger partial charge is 0.237 e. The molecule has 5 rings (SSSR count). The number of rotatable bonds is 6. The lowest BCUT2D eigenvalue weighted by molar-refractivity contribution is -0.123. The Morgan fingerprint density at radius 1 is 1.18 bits per heavy atom. The number of nitrogens with one attached hydrogen (secondary N) is 3. The fourth-order valence-corrected chi connectivity index (χ4v) is 6.97. The quantitative estimate of drug-likeness (QED) is 0.352. The third kappa shape index (κ3) is 5.24. The molecular formula is C29H35Cl2FN4O4. The molecule has 2 saturated heterocycles. The Labute approximate surface area is 243 Å². The van der Waals surface area contributed by atoms with Gasteiger partial charge >= 0.3 is 0 Å². The molecule has 11 heteroatoms. The average Bonchev–Trinajstić information content (AvgIpc) is 3.46. The molecule has 3 aliphatic rings. The van der Waals surface area contributed by atoms with E-state index in [-0.39, 0.29) is 28.8 Å². The Morgan fingerprint density at radius 2 is 1.88 bits per heavy atom. The van der Waals surface area contributed by atoms with Gasteiger partial charge in [-0.1, -0.05) is 56.1 Å². The van der Waals surface area contributed by atoms with E-state index in [1.165, 1.54) is 12.1 Å². The first-order valence-electron chi connectivity index (χ1n) is 13.5. The molecule has 2 aromatic rings. The first kappa shape index (κ1) is 29.2. The van der Waals surface area contributed by atoms with E-state index in [1.54, 1.807) is 18.2 Å². The molecule has 0 unspecified atom stereocenters. The number of benzene rings is 2. The van der Waals surface area contributed by atoms with E-state index in [9.17, 15) is 24.2 Å². The van der Waals surface area contributed by atoms with Crippen molar-refractivity contribution in [2.24, 2.45) is 5.41 Å². The van der Waals surface area contributed by atoms with E-state index < -0.39 is 41.4 Å². The van der Waals surface area contributed by atoms with Crippen LogP contribution in [0.5, 0.6) is 0 Å². The molecule has 40 heavy (non-hydrogen) atoms. The van der Waals surface area contributed by atoms with Crippen molar-refractivity contribution in [3.05, 3.63) is 63.4 Å². The summed E-state index contributed by atoms with van der Waals surface area (Å²) in [6.07, 6.45) is -1.10. The topological polar surface area (TPSA) is 114 Å². The molecule has 2 amide bonds. The summed E-state index contributed by atoms with van der Waals surface area (Å²) >= 11 is 12.5. The second kappa shape index (κ2) is 10.9. The highest BCUT2D eigenvalue weighted by atomic mass is 35.5. The Balaban J connectivity index is 1.56. The molecule has 8 nitrogen and oxygen atoms in total. The zero-order chi connectivity index (χ0) is 29.0. The number of aliphatic hydroxyl groups excluding tert-OH is 2. The molecule has 0 radical (unpaired) electrons. The number of amides is 2. The third-order valence-electron chi connectivity index (χ3n) is 8.25. The zero-order valence-corrected chi connectivity index (χ0v) is 24.2. The molecule has 6 atom stereocenters. The second-order valence-corrected chi connectivity index (χ2v) is 13.2. The number of nitrogens with zero attached hydrogens (tertiary/aromatic N) is 1. The number of carbonyl (C=O) groups is 2. The number of likely N-dealkylation sites (tertiary alicyclic amines) is 1. The van der Waals surface area contributed by atoms with Crippen molar-refractivity contribution in [2.75, 3.05) is 31.5 Å². The van der Waals surface area contributed by atoms with Gasteiger partial charge < -0.3 is 26.2 Å². The summed E-state index contributed by atoms with van der Waals surface area (Å²) in [7, 11) is 0.